The normalized spacial score (nSPS) is 34.2. The molecule has 0 saturated heterocycles. The Morgan fingerprint density at radius 3 is 2.82 bits per heavy atom. The van der Waals surface area contributed by atoms with Crippen molar-refractivity contribution in [3.05, 3.63) is 29.8 Å². The highest BCUT2D eigenvalue weighted by molar-refractivity contribution is 5.85. The minimum Gasteiger partial charge on any atom is -0.487 e. The maximum Gasteiger partial charge on any atom is 0.123 e. The molecule has 1 saturated carbocycles. The lowest BCUT2D eigenvalue weighted by Crippen LogP contribution is -2.49. The summed E-state index contributed by atoms with van der Waals surface area (Å²) in [5, 5.41) is 3.41. The molecule has 2 aliphatic rings. The zero-order valence-electron chi connectivity index (χ0n) is 10.4. The van der Waals surface area contributed by atoms with E-state index in [-0.39, 0.29) is 18.0 Å². The minimum absolute atomic E-state index is 0. The third kappa shape index (κ3) is 2.16. The van der Waals surface area contributed by atoms with Gasteiger partial charge in [-0.05, 0) is 44.4 Å². The van der Waals surface area contributed by atoms with Gasteiger partial charge in [-0.1, -0.05) is 18.2 Å². The largest absolute Gasteiger partial charge is 0.487 e. The van der Waals surface area contributed by atoms with E-state index in [1.54, 1.807) is 0 Å². The summed E-state index contributed by atoms with van der Waals surface area (Å²) in [5.74, 6) is 1.77. The molecule has 1 aromatic rings. The second kappa shape index (κ2) is 4.51. The molecule has 2 nitrogen and oxygen atoms in total. The van der Waals surface area contributed by atoms with Crippen LogP contribution in [0.1, 0.15) is 37.7 Å². The van der Waals surface area contributed by atoms with E-state index in [2.05, 4.69) is 43.6 Å². The van der Waals surface area contributed by atoms with Crippen molar-refractivity contribution in [1.29, 1.82) is 0 Å². The van der Waals surface area contributed by atoms with Crippen LogP contribution in [-0.4, -0.2) is 18.7 Å². The standard InChI is InChI=1S/C14H19NO.ClH/c1-14-8-10(7-11(9-14)15-2)12-5-3-4-6-13(12)16-14;/h3-6,10-11,15H,7-9H2,1-2H3;1H. The van der Waals surface area contributed by atoms with Gasteiger partial charge in [-0.2, -0.15) is 0 Å². The van der Waals surface area contributed by atoms with Crippen LogP contribution in [0.5, 0.6) is 5.75 Å². The lowest BCUT2D eigenvalue weighted by Gasteiger charge is -2.47. The molecule has 1 aromatic carbocycles. The second-order valence-corrected chi connectivity index (χ2v) is 5.42. The average Bonchev–Trinajstić information content (AvgIpc) is 2.27. The molecule has 3 atom stereocenters. The van der Waals surface area contributed by atoms with E-state index in [9.17, 15) is 0 Å². The van der Waals surface area contributed by atoms with Crippen molar-refractivity contribution in [2.24, 2.45) is 0 Å². The van der Waals surface area contributed by atoms with E-state index in [1.165, 1.54) is 18.4 Å². The van der Waals surface area contributed by atoms with Crippen molar-refractivity contribution in [3.8, 4) is 5.75 Å². The number of rotatable bonds is 1. The van der Waals surface area contributed by atoms with Gasteiger partial charge in [0, 0.05) is 12.5 Å². The van der Waals surface area contributed by atoms with E-state index in [0.29, 0.717) is 12.0 Å². The third-order valence-electron chi connectivity index (χ3n) is 4.05. The first-order valence-corrected chi connectivity index (χ1v) is 6.15. The van der Waals surface area contributed by atoms with Crippen molar-refractivity contribution in [2.45, 2.75) is 43.7 Å². The molecule has 0 radical (unpaired) electrons. The first-order chi connectivity index (χ1) is 7.70. The Balaban J connectivity index is 0.00000108. The molecule has 17 heavy (non-hydrogen) atoms. The van der Waals surface area contributed by atoms with Gasteiger partial charge < -0.3 is 10.1 Å². The van der Waals surface area contributed by atoms with E-state index >= 15 is 0 Å². The number of halogens is 1. The van der Waals surface area contributed by atoms with Crippen LogP contribution in [0.25, 0.3) is 0 Å². The molecular weight excluding hydrogens is 234 g/mol. The van der Waals surface area contributed by atoms with Gasteiger partial charge in [-0.15, -0.1) is 12.4 Å². The van der Waals surface area contributed by atoms with Crippen molar-refractivity contribution >= 4 is 12.4 Å². The Bertz CT molecular complexity index is 409. The first-order valence-electron chi connectivity index (χ1n) is 6.15. The minimum atomic E-state index is 0. The van der Waals surface area contributed by atoms with Crippen LogP contribution < -0.4 is 10.1 Å². The summed E-state index contributed by atoms with van der Waals surface area (Å²) in [6.45, 7) is 2.25. The predicted molar refractivity (Wildman–Crippen MR) is 72.2 cm³/mol. The van der Waals surface area contributed by atoms with Gasteiger partial charge in [-0.25, -0.2) is 0 Å². The Labute approximate surface area is 109 Å². The summed E-state index contributed by atoms with van der Waals surface area (Å²) < 4.78 is 6.18. The van der Waals surface area contributed by atoms with Crippen LogP contribution in [0, 0.1) is 0 Å². The van der Waals surface area contributed by atoms with Gasteiger partial charge in [0.1, 0.15) is 11.4 Å². The van der Waals surface area contributed by atoms with E-state index < -0.39 is 0 Å². The topological polar surface area (TPSA) is 21.3 Å². The fraction of sp³-hybridized carbons (Fsp3) is 0.571. The third-order valence-corrected chi connectivity index (χ3v) is 4.05. The number of hydrogen-bond donors (Lipinski definition) is 1. The number of benzene rings is 1. The molecule has 1 aliphatic carbocycles. The van der Waals surface area contributed by atoms with Crippen LogP contribution >= 0.6 is 12.4 Å². The zero-order chi connectivity index (χ0) is 11.2. The van der Waals surface area contributed by atoms with Gasteiger partial charge in [0.15, 0.2) is 0 Å². The molecule has 2 bridgehead atoms. The Hall–Kier alpha value is -0.730. The van der Waals surface area contributed by atoms with E-state index in [4.69, 9.17) is 4.74 Å². The molecule has 0 amide bonds. The molecule has 0 spiro atoms. The van der Waals surface area contributed by atoms with Gasteiger partial charge >= 0.3 is 0 Å². The van der Waals surface area contributed by atoms with E-state index in [1.807, 2.05) is 0 Å². The number of para-hydroxylation sites is 1. The molecule has 1 heterocycles. The van der Waals surface area contributed by atoms with Crippen LogP contribution in [0.2, 0.25) is 0 Å². The molecule has 1 aliphatic heterocycles. The molecule has 0 aromatic heterocycles. The maximum atomic E-state index is 6.18. The molecule has 3 unspecified atom stereocenters. The number of ether oxygens (including phenoxy) is 1. The SMILES string of the molecule is CNC1CC2CC(C)(C1)Oc1ccccc12.Cl. The highest BCUT2D eigenvalue weighted by atomic mass is 35.5. The molecule has 1 fully saturated rings. The smallest absolute Gasteiger partial charge is 0.123 e. The Morgan fingerprint density at radius 2 is 2.06 bits per heavy atom. The summed E-state index contributed by atoms with van der Waals surface area (Å²) in [6, 6.07) is 9.11. The second-order valence-electron chi connectivity index (χ2n) is 5.42. The predicted octanol–water partition coefficient (Wildman–Crippen LogP) is 3.12. The fourth-order valence-corrected chi connectivity index (χ4v) is 3.35. The highest BCUT2D eigenvalue weighted by Crippen LogP contribution is 2.48. The molecule has 3 heteroatoms. The number of hydrogen-bond acceptors (Lipinski definition) is 2. The van der Waals surface area contributed by atoms with E-state index in [0.717, 1.165) is 12.2 Å². The Morgan fingerprint density at radius 1 is 1.29 bits per heavy atom. The lowest BCUT2D eigenvalue weighted by atomic mass is 9.71. The first kappa shape index (κ1) is 12.7. The highest BCUT2D eigenvalue weighted by Gasteiger charge is 2.43. The summed E-state index contributed by atoms with van der Waals surface area (Å²) in [5.41, 5.74) is 1.44. The molecular formula is C14H20ClNO. The molecule has 3 rings (SSSR count). The molecule has 1 N–H and O–H groups in total. The average molecular weight is 254 g/mol. The quantitative estimate of drug-likeness (QED) is 0.830. The van der Waals surface area contributed by atoms with Crippen molar-refractivity contribution in [3.63, 3.8) is 0 Å². The van der Waals surface area contributed by atoms with Gasteiger partial charge in [0.25, 0.3) is 0 Å². The summed E-state index contributed by atoms with van der Waals surface area (Å²) in [7, 11) is 2.06. The van der Waals surface area contributed by atoms with Crippen molar-refractivity contribution in [2.75, 3.05) is 7.05 Å². The zero-order valence-corrected chi connectivity index (χ0v) is 11.2. The monoisotopic (exact) mass is 253 g/mol. The van der Waals surface area contributed by atoms with Crippen molar-refractivity contribution in [1.82, 2.24) is 5.32 Å². The summed E-state index contributed by atoms with van der Waals surface area (Å²) in [4.78, 5) is 0. The van der Waals surface area contributed by atoms with Crippen LogP contribution in [0.15, 0.2) is 24.3 Å². The number of fused-ring (bicyclic) bond motifs is 4. The van der Waals surface area contributed by atoms with Gasteiger partial charge in [0.05, 0.1) is 0 Å². The lowest BCUT2D eigenvalue weighted by molar-refractivity contribution is 0.00890. The van der Waals surface area contributed by atoms with Crippen LogP contribution in [-0.2, 0) is 0 Å². The van der Waals surface area contributed by atoms with Crippen molar-refractivity contribution < 1.29 is 4.74 Å². The maximum absolute atomic E-state index is 6.18. The molecule has 94 valence electrons. The number of nitrogens with one attached hydrogen (secondary N) is 1. The summed E-state index contributed by atoms with van der Waals surface area (Å²) >= 11 is 0. The summed E-state index contributed by atoms with van der Waals surface area (Å²) in [6.07, 6.45) is 3.53. The van der Waals surface area contributed by atoms with Crippen LogP contribution in [0.4, 0.5) is 0 Å². The fourth-order valence-electron chi connectivity index (χ4n) is 3.35. The van der Waals surface area contributed by atoms with Crippen LogP contribution in [0.3, 0.4) is 0 Å². The van der Waals surface area contributed by atoms with Gasteiger partial charge in [0.2, 0.25) is 0 Å². The van der Waals surface area contributed by atoms with Gasteiger partial charge in [-0.3, -0.25) is 0 Å². The Kier molecular flexibility index (Phi) is 3.37.